The minimum Gasteiger partial charge on any atom is -0.462 e. The molecule has 1 saturated heterocycles. The second-order valence-corrected chi connectivity index (χ2v) is 6.15. The lowest BCUT2D eigenvalue weighted by atomic mass is 9.99. The Kier molecular flexibility index (Phi) is 4.42. The maximum absolute atomic E-state index is 12.0. The summed E-state index contributed by atoms with van der Waals surface area (Å²) in [6.07, 6.45) is 0. The normalized spacial score (nSPS) is 18.6. The van der Waals surface area contributed by atoms with Gasteiger partial charge in [-0.1, -0.05) is 0 Å². The molecule has 0 atom stereocenters. The van der Waals surface area contributed by atoms with Crippen molar-refractivity contribution in [1.82, 2.24) is 4.90 Å². The van der Waals surface area contributed by atoms with Crippen molar-refractivity contribution in [3.63, 3.8) is 0 Å². The number of carbonyl (C=O) groups is 1. The Balaban J connectivity index is 2.25. The highest BCUT2D eigenvalue weighted by Gasteiger charge is 2.31. The van der Waals surface area contributed by atoms with Crippen molar-refractivity contribution in [3.8, 4) is 0 Å². The molecule has 0 unspecified atom stereocenters. The van der Waals surface area contributed by atoms with Crippen LogP contribution in [0.4, 0.5) is 11.4 Å². The highest BCUT2D eigenvalue weighted by atomic mass is 16.5. The second kappa shape index (κ2) is 5.93. The molecule has 21 heavy (non-hydrogen) atoms. The first-order valence-electron chi connectivity index (χ1n) is 7.38. The molecule has 2 N–H and O–H groups in total. The van der Waals surface area contributed by atoms with Gasteiger partial charge in [-0.25, -0.2) is 4.79 Å². The van der Waals surface area contributed by atoms with Crippen molar-refractivity contribution < 1.29 is 9.53 Å². The van der Waals surface area contributed by atoms with Gasteiger partial charge in [0, 0.05) is 36.5 Å². The van der Waals surface area contributed by atoms with Gasteiger partial charge in [-0.2, -0.15) is 0 Å². The minimum absolute atomic E-state index is 0.101. The van der Waals surface area contributed by atoms with Gasteiger partial charge in [-0.15, -0.1) is 0 Å². The van der Waals surface area contributed by atoms with E-state index in [0.29, 0.717) is 17.9 Å². The van der Waals surface area contributed by atoms with Crippen LogP contribution in [0.2, 0.25) is 0 Å². The maximum atomic E-state index is 12.0. The van der Waals surface area contributed by atoms with Crippen LogP contribution >= 0.6 is 0 Å². The Morgan fingerprint density at radius 1 is 1.38 bits per heavy atom. The Morgan fingerprint density at radius 2 is 2.10 bits per heavy atom. The van der Waals surface area contributed by atoms with Gasteiger partial charge in [0.1, 0.15) is 0 Å². The molecule has 1 heterocycles. The first-order valence-corrected chi connectivity index (χ1v) is 7.38. The van der Waals surface area contributed by atoms with Gasteiger partial charge in [0.05, 0.1) is 12.2 Å². The van der Waals surface area contributed by atoms with Crippen LogP contribution in [-0.4, -0.2) is 49.7 Å². The summed E-state index contributed by atoms with van der Waals surface area (Å²) in [7, 11) is 2.14. The summed E-state index contributed by atoms with van der Waals surface area (Å²) in [4.78, 5) is 16.6. The largest absolute Gasteiger partial charge is 0.462 e. The first kappa shape index (κ1) is 15.6. The predicted molar refractivity (Wildman–Crippen MR) is 85.7 cm³/mol. The summed E-state index contributed by atoms with van der Waals surface area (Å²) in [5, 5.41) is 0. The average molecular weight is 291 g/mol. The van der Waals surface area contributed by atoms with Crippen molar-refractivity contribution in [2.45, 2.75) is 26.3 Å². The highest BCUT2D eigenvalue weighted by molar-refractivity contribution is 5.96. The Bertz CT molecular complexity index is 528. The molecule has 5 heteroatoms. The van der Waals surface area contributed by atoms with E-state index in [0.717, 1.165) is 25.3 Å². The Morgan fingerprint density at radius 3 is 2.71 bits per heavy atom. The molecule has 2 rings (SSSR count). The molecule has 1 fully saturated rings. The number of carbonyl (C=O) groups excluding carboxylic acids is 1. The standard InChI is InChI=1S/C16H25N3O2/c1-5-21-15(20)13-10-12(6-7-14(13)17)19-9-8-18(4)16(2,3)11-19/h6-7,10H,5,8-9,11,17H2,1-4H3. The van der Waals surface area contributed by atoms with Crippen LogP contribution in [0.25, 0.3) is 0 Å². The molecular formula is C16H25N3O2. The van der Waals surface area contributed by atoms with E-state index in [-0.39, 0.29) is 11.5 Å². The van der Waals surface area contributed by atoms with Crippen LogP contribution < -0.4 is 10.6 Å². The van der Waals surface area contributed by atoms with Crippen molar-refractivity contribution >= 4 is 17.3 Å². The number of likely N-dealkylation sites (N-methyl/N-ethyl adjacent to an activating group) is 1. The van der Waals surface area contributed by atoms with Crippen LogP contribution in [0.15, 0.2) is 18.2 Å². The van der Waals surface area contributed by atoms with E-state index < -0.39 is 0 Å². The van der Waals surface area contributed by atoms with Gasteiger partial charge in [-0.05, 0) is 46.0 Å². The summed E-state index contributed by atoms with van der Waals surface area (Å²) in [6, 6.07) is 5.60. The summed E-state index contributed by atoms with van der Waals surface area (Å²) < 4.78 is 5.06. The SMILES string of the molecule is CCOC(=O)c1cc(N2CCN(C)C(C)(C)C2)ccc1N. The third kappa shape index (κ3) is 3.29. The zero-order chi connectivity index (χ0) is 15.6. The smallest absolute Gasteiger partial charge is 0.340 e. The fraction of sp³-hybridized carbons (Fsp3) is 0.562. The second-order valence-electron chi connectivity index (χ2n) is 6.15. The topological polar surface area (TPSA) is 58.8 Å². The number of hydrogen-bond acceptors (Lipinski definition) is 5. The number of esters is 1. The molecule has 0 aromatic heterocycles. The Labute approximate surface area is 126 Å². The summed E-state index contributed by atoms with van der Waals surface area (Å²) >= 11 is 0. The van der Waals surface area contributed by atoms with E-state index >= 15 is 0 Å². The van der Waals surface area contributed by atoms with Gasteiger partial charge in [0.2, 0.25) is 0 Å². The lowest BCUT2D eigenvalue weighted by Crippen LogP contribution is -2.57. The number of piperazine rings is 1. The predicted octanol–water partition coefficient (Wildman–Crippen LogP) is 1.98. The van der Waals surface area contributed by atoms with Crippen LogP contribution in [0.5, 0.6) is 0 Å². The number of nitrogens with zero attached hydrogens (tertiary/aromatic N) is 2. The molecule has 0 spiro atoms. The fourth-order valence-corrected chi connectivity index (χ4v) is 2.59. The number of anilines is 2. The van der Waals surface area contributed by atoms with Gasteiger partial charge in [-0.3, -0.25) is 4.90 Å². The first-order chi connectivity index (χ1) is 9.85. The average Bonchev–Trinajstić information content (AvgIpc) is 2.42. The highest BCUT2D eigenvalue weighted by Crippen LogP contribution is 2.27. The molecule has 0 bridgehead atoms. The van der Waals surface area contributed by atoms with Crippen molar-refractivity contribution in [2.75, 3.05) is 43.9 Å². The molecular weight excluding hydrogens is 266 g/mol. The quantitative estimate of drug-likeness (QED) is 0.681. The van der Waals surface area contributed by atoms with E-state index in [1.54, 1.807) is 13.0 Å². The molecule has 0 saturated carbocycles. The minimum atomic E-state index is -0.356. The third-order valence-corrected chi connectivity index (χ3v) is 4.21. The molecule has 1 aliphatic rings. The van der Waals surface area contributed by atoms with E-state index in [1.807, 2.05) is 12.1 Å². The van der Waals surface area contributed by atoms with E-state index in [9.17, 15) is 4.79 Å². The van der Waals surface area contributed by atoms with Gasteiger partial charge < -0.3 is 15.4 Å². The molecule has 0 amide bonds. The van der Waals surface area contributed by atoms with E-state index in [1.165, 1.54) is 0 Å². The number of hydrogen-bond donors (Lipinski definition) is 1. The molecule has 1 aromatic carbocycles. The van der Waals surface area contributed by atoms with Crippen LogP contribution in [-0.2, 0) is 4.74 Å². The lowest BCUT2D eigenvalue weighted by Gasteiger charge is -2.46. The zero-order valence-corrected chi connectivity index (χ0v) is 13.3. The van der Waals surface area contributed by atoms with Crippen LogP contribution in [0.1, 0.15) is 31.1 Å². The van der Waals surface area contributed by atoms with Gasteiger partial charge >= 0.3 is 5.97 Å². The van der Waals surface area contributed by atoms with E-state index in [2.05, 4.69) is 30.7 Å². The molecule has 0 radical (unpaired) electrons. The number of rotatable bonds is 3. The van der Waals surface area contributed by atoms with Crippen molar-refractivity contribution in [1.29, 1.82) is 0 Å². The molecule has 116 valence electrons. The molecule has 0 aliphatic carbocycles. The Hall–Kier alpha value is -1.75. The monoisotopic (exact) mass is 291 g/mol. The number of benzene rings is 1. The van der Waals surface area contributed by atoms with E-state index in [4.69, 9.17) is 10.5 Å². The number of nitrogens with two attached hydrogens (primary N) is 1. The zero-order valence-electron chi connectivity index (χ0n) is 13.3. The fourth-order valence-electron chi connectivity index (χ4n) is 2.59. The van der Waals surface area contributed by atoms with Crippen molar-refractivity contribution in [3.05, 3.63) is 23.8 Å². The van der Waals surface area contributed by atoms with Crippen LogP contribution in [0.3, 0.4) is 0 Å². The van der Waals surface area contributed by atoms with Crippen LogP contribution in [0, 0.1) is 0 Å². The number of nitrogen functional groups attached to an aromatic ring is 1. The number of ether oxygens (including phenoxy) is 1. The molecule has 5 nitrogen and oxygen atoms in total. The third-order valence-electron chi connectivity index (χ3n) is 4.21. The maximum Gasteiger partial charge on any atom is 0.340 e. The van der Waals surface area contributed by atoms with Gasteiger partial charge in [0.15, 0.2) is 0 Å². The summed E-state index contributed by atoms with van der Waals surface area (Å²) in [6.45, 7) is 9.43. The van der Waals surface area contributed by atoms with Gasteiger partial charge in [0.25, 0.3) is 0 Å². The lowest BCUT2D eigenvalue weighted by molar-refractivity contribution is 0.0527. The molecule has 1 aromatic rings. The molecule has 1 aliphatic heterocycles. The van der Waals surface area contributed by atoms with Crippen molar-refractivity contribution in [2.24, 2.45) is 0 Å². The summed E-state index contributed by atoms with van der Waals surface area (Å²) in [5.41, 5.74) is 7.93. The summed E-state index contributed by atoms with van der Waals surface area (Å²) in [5.74, 6) is -0.356.